The third-order valence-electron chi connectivity index (χ3n) is 4.63. The molecule has 5 nitrogen and oxygen atoms in total. The van der Waals surface area contributed by atoms with Crippen molar-refractivity contribution >= 4 is 41.3 Å². The van der Waals surface area contributed by atoms with Gasteiger partial charge in [-0.1, -0.05) is 11.6 Å². The van der Waals surface area contributed by atoms with Gasteiger partial charge in [0.15, 0.2) is 7.14 Å². The van der Waals surface area contributed by atoms with Crippen LogP contribution < -0.4 is 20.1 Å². The second-order valence-electron chi connectivity index (χ2n) is 6.62. The van der Waals surface area contributed by atoms with Crippen LogP contribution >= 0.6 is 30.7 Å². The summed E-state index contributed by atoms with van der Waals surface area (Å²) < 4.78 is 26.8. The van der Waals surface area contributed by atoms with Gasteiger partial charge in [0.25, 0.3) is 0 Å². The van der Waals surface area contributed by atoms with Gasteiger partial charge in [-0.15, -0.1) is 0 Å². The molecule has 8 heteroatoms. The minimum absolute atomic E-state index is 0.115. The number of benzene rings is 3. The standard InChI is InChI=1S/C23H22ClN2O3PS/c1-28-19-5-9-21(10-6-19)30(27,22-11-7-20(29-2)8-12-22)17-26(16-15-25)31-23-13-3-18(24)4-14-23/h3-14H,16-17H2,1-2H3. The predicted octanol–water partition coefficient (Wildman–Crippen LogP) is 5.16. The van der Waals surface area contributed by atoms with Crippen LogP contribution in [0.2, 0.25) is 5.02 Å². The van der Waals surface area contributed by atoms with Crippen molar-refractivity contribution in [2.45, 2.75) is 4.90 Å². The second kappa shape index (κ2) is 10.7. The van der Waals surface area contributed by atoms with Crippen molar-refractivity contribution in [3.8, 4) is 17.6 Å². The van der Waals surface area contributed by atoms with Crippen molar-refractivity contribution in [1.29, 1.82) is 5.26 Å². The highest BCUT2D eigenvalue weighted by Crippen LogP contribution is 2.46. The summed E-state index contributed by atoms with van der Waals surface area (Å²) in [6.45, 7) is 0.115. The molecule has 3 aromatic rings. The largest absolute Gasteiger partial charge is 0.497 e. The average Bonchev–Trinajstić information content (AvgIpc) is 2.80. The Morgan fingerprint density at radius 1 is 0.903 bits per heavy atom. The normalized spacial score (nSPS) is 11.2. The van der Waals surface area contributed by atoms with E-state index < -0.39 is 7.14 Å². The molecule has 0 atom stereocenters. The highest BCUT2D eigenvalue weighted by atomic mass is 35.5. The molecule has 3 aromatic carbocycles. The molecule has 0 heterocycles. The van der Waals surface area contributed by atoms with Gasteiger partial charge in [-0.05, 0) is 84.7 Å². The third kappa shape index (κ3) is 5.84. The van der Waals surface area contributed by atoms with Gasteiger partial charge in [0.2, 0.25) is 0 Å². The minimum Gasteiger partial charge on any atom is -0.497 e. The summed E-state index contributed by atoms with van der Waals surface area (Å²) in [4.78, 5) is 0.913. The molecule has 0 amide bonds. The van der Waals surface area contributed by atoms with Crippen LogP contribution in [0, 0.1) is 11.3 Å². The minimum atomic E-state index is -3.10. The van der Waals surface area contributed by atoms with E-state index in [-0.39, 0.29) is 12.8 Å². The van der Waals surface area contributed by atoms with E-state index in [0.29, 0.717) is 27.1 Å². The molecule has 31 heavy (non-hydrogen) atoms. The average molecular weight is 473 g/mol. The van der Waals surface area contributed by atoms with Gasteiger partial charge >= 0.3 is 0 Å². The molecular weight excluding hydrogens is 451 g/mol. The van der Waals surface area contributed by atoms with E-state index in [1.165, 1.54) is 11.9 Å². The first-order chi connectivity index (χ1) is 15.0. The van der Waals surface area contributed by atoms with Crippen molar-refractivity contribution in [2.24, 2.45) is 0 Å². The lowest BCUT2D eigenvalue weighted by Gasteiger charge is -2.26. The predicted molar refractivity (Wildman–Crippen MR) is 127 cm³/mol. The fourth-order valence-electron chi connectivity index (χ4n) is 3.02. The summed E-state index contributed by atoms with van der Waals surface area (Å²) >= 11 is 7.37. The Balaban J connectivity index is 1.99. The van der Waals surface area contributed by atoms with Gasteiger partial charge in [0.1, 0.15) is 11.5 Å². The van der Waals surface area contributed by atoms with Crippen LogP contribution in [0.5, 0.6) is 11.5 Å². The number of rotatable bonds is 9. The van der Waals surface area contributed by atoms with Crippen molar-refractivity contribution in [1.82, 2.24) is 4.31 Å². The highest BCUT2D eigenvalue weighted by molar-refractivity contribution is 7.97. The molecule has 0 aliphatic rings. The summed E-state index contributed by atoms with van der Waals surface area (Å²) in [6.07, 6.45) is 0.187. The molecular formula is C23H22ClN2O3PS. The van der Waals surface area contributed by atoms with E-state index in [9.17, 15) is 9.83 Å². The summed E-state index contributed by atoms with van der Waals surface area (Å²) in [7, 11) is 0.0852. The van der Waals surface area contributed by atoms with Gasteiger partial charge < -0.3 is 14.0 Å². The topological polar surface area (TPSA) is 62.6 Å². The van der Waals surface area contributed by atoms with Crippen LogP contribution in [0.3, 0.4) is 0 Å². The lowest BCUT2D eigenvalue weighted by Crippen LogP contribution is -2.27. The fraction of sp³-hybridized carbons (Fsp3) is 0.174. The molecule has 3 rings (SSSR count). The molecule has 0 aliphatic carbocycles. The fourth-order valence-corrected chi connectivity index (χ4v) is 6.97. The molecule has 0 saturated heterocycles. The Kier molecular flexibility index (Phi) is 8.06. The maximum atomic E-state index is 14.5. The maximum Gasteiger partial charge on any atom is 0.157 e. The Morgan fingerprint density at radius 2 is 1.39 bits per heavy atom. The van der Waals surface area contributed by atoms with Gasteiger partial charge in [0.05, 0.1) is 33.1 Å². The summed E-state index contributed by atoms with van der Waals surface area (Å²) in [6, 6.07) is 24.0. The highest BCUT2D eigenvalue weighted by Gasteiger charge is 2.31. The van der Waals surface area contributed by atoms with Crippen LogP contribution in [-0.2, 0) is 4.57 Å². The van der Waals surface area contributed by atoms with E-state index >= 15 is 0 Å². The Hall–Kier alpha value is -2.42. The van der Waals surface area contributed by atoms with E-state index in [2.05, 4.69) is 6.07 Å². The first kappa shape index (κ1) is 23.2. The van der Waals surface area contributed by atoms with Gasteiger partial charge in [-0.25, -0.2) is 4.31 Å². The van der Waals surface area contributed by atoms with Crippen molar-refractivity contribution in [3.05, 3.63) is 77.8 Å². The maximum absolute atomic E-state index is 14.5. The summed E-state index contributed by atoms with van der Waals surface area (Å²) in [5.41, 5.74) is 0. The smallest absolute Gasteiger partial charge is 0.157 e. The Morgan fingerprint density at radius 3 is 1.81 bits per heavy atom. The van der Waals surface area contributed by atoms with Gasteiger partial charge in [0, 0.05) is 20.5 Å². The molecule has 0 unspecified atom stereocenters. The lowest BCUT2D eigenvalue weighted by molar-refractivity contribution is 0.415. The molecule has 0 radical (unpaired) electrons. The van der Waals surface area contributed by atoms with Gasteiger partial charge in [-0.3, -0.25) is 0 Å². The van der Waals surface area contributed by atoms with E-state index in [1.54, 1.807) is 50.6 Å². The Bertz CT molecular complexity index is 1030. The zero-order valence-corrected chi connectivity index (χ0v) is 19.7. The van der Waals surface area contributed by atoms with Crippen LogP contribution in [-0.4, -0.2) is 31.4 Å². The number of hydrogen-bond donors (Lipinski definition) is 0. The third-order valence-corrected chi connectivity index (χ3v) is 9.08. The van der Waals surface area contributed by atoms with Crippen LogP contribution in [0.1, 0.15) is 0 Å². The van der Waals surface area contributed by atoms with Crippen LogP contribution in [0.15, 0.2) is 77.7 Å². The number of halogens is 1. The van der Waals surface area contributed by atoms with E-state index in [1.807, 2.05) is 40.7 Å². The number of nitriles is 1. The molecule has 0 N–H and O–H groups in total. The van der Waals surface area contributed by atoms with Crippen molar-refractivity contribution in [3.63, 3.8) is 0 Å². The quantitative estimate of drug-likeness (QED) is 0.243. The molecule has 0 aromatic heterocycles. The first-order valence-corrected chi connectivity index (χ1v) is 12.5. The second-order valence-corrected chi connectivity index (χ2v) is 11.0. The molecule has 0 aliphatic heterocycles. The van der Waals surface area contributed by atoms with E-state index in [4.69, 9.17) is 21.1 Å². The number of methoxy groups -OCH3 is 2. The van der Waals surface area contributed by atoms with Crippen molar-refractivity contribution in [2.75, 3.05) is 27.1 Å². The first-order valence-electron chi connectivity index (χ1n) is 9.42. The molecule has 0 fully saturated rings. The molecule has 0 spiro atoms. The number of hydrogen-bond acceptors (Lipinski definition) is 6. The van der Waals surface area contributed by atoms with Gasteiger partial charge in [-0.2, -0.15) is 5.26 Å². The number of ether oxygens (including phenoxy) is 2. The molecule has 0 saturated carbocycles. The zero-order chi connectivity index (χ0) is 22.3. The lowest BCUT2D eigenvalue weighted by atomic mass is 10.3. The van der Waals surface area contributed by atoms with E-state index in [0.717, 1.165) is 4.90 Å². The van der Waals surface area contributed by atoms with Crippen LogP contribution in [0.4, 0.5) is 0 Å². The van der Waals surface area contributed by atoms with Crippen molar-refractivity contribution < 1.29 is 14.0 Å². The summed E-state index contributed by atoms with van der Waals surface area (Å²) in [5.74, 6) is 1.38. The Labute approximate surface area is 192 Å². The SMILES string of the molecule is COc1ccc(P(=O)(CN(CC#N)Sc2ccc(Cl)cc2)c2ccc(OC)cc2)cc1. The number of nitrogens with zero attached hydrogens (tertiary/aromatic N) is 2. The summed E-state index contributed by atoms with van der Waals surface area (Å²) in [5, 5.41) is 11.4. The van der Waals surface area contributed by atoms with Crippen LogP contribution in [0.25, 0.3) is 0 Å². The monoisotopic (exact) mass is 472 g/mol. The molecule has 160 valence electrons. The zero-order valence-electron chi connectivity index (χ0n) is 17.2. The molecule has 0 bridgehead atoms.